The van der Waals surface area contributed by atoms with Gasteiger partial charge in [0, 0.05) is 29.7 Å². The van der Waals surface area contributed by atoms with Gasteiger partial charge >= 0.3 is 12.2 Å². The summed E-state index contributed by atoms with van der Waals surface area (Å²) >= 11 is 0. The van der Waals surface area contributed by atoms with Crippen LogP contribution in [0.4, 0.5) is 9.59 Å². The lowest BCUT2D eigenvalue weighted by Gasteiger charge is -2.34. The van der Waals surface area contributed by atoms with E-state index in [9.17, 15) is 14.4 Å². The first-order chi connectivity index (χ1) is 24.1. The van der Waals surface area contributed by atoms with Crippen LogP contribution in [0.5, 0.6) is 0 Å². The van der Waals surface area contributed by atoms with E-state index in [1.54, 1.807) is 9.80 Å². The molecule has 266 valence electrons. The number of carbonyl (C=O) groups is 2. The van der Waals surface area contributed by atoms with Gasteiger partial charge in [0.2, 0.25) is 0 Å². The van der Waals surface area contributed by atoms with Crippen LogP contribution in [-0.4, -0.2) is 61.2 Å². The van der Waals surface area contributed by atoms with E-state index < -0.39 is 16.7 Å². The van der Waals surface area contributed by atoms with Crippen molar-refractivity contribution in [2.45, 2.75) is 96.9 Å². The molecule has 10 nitrogen and oxygen atoms in total. The highest BCUT2D eigenvalue weighted by molar-refractivity contribution is 5.93. The quantitative estimate of drug-likeness (QED) is 0.194. The molecule has 0 aliphatic carbocycles. The number of amides is 2. The van der Waals surface area contributed by atoms with Gasteiger partial charge in [-0.2, -0.15) is 0 Å². The lowest BCUT2D eigenvalue weighted by Crippen LogP contribution is -2.46. The van der Waals surface area contributed by atoms with Gasteiger partial charge in [0.25, 0.3) is 5.56 Å². The lowest BCUT2D eigenvalue weighted by atomic mass is 9.97. The van der Waals surface area contributed by atoms with E-state index in [0.717, 1.165) is 75.7 Å². The lowest BCUT2D eigenvalue weighted by molar-refractivity contribution is 0.00858. The maximum Gasteiger partial charge on any atom is 0.411 e. The van der Waals surface area contributed by atoms with Crippen LogP contribution in [0.3, 0.4) is 0 Å². The Bertz CT molecular complexity index is 2210. The third kappa shape index (κ3) is 6.83. The highest BCUT2D eigenvalue weighted by atomic mass is 16.6. The van der Waals surface area contributed by atoms with Gasteiger partial charge in [0.1, 0.15) is 22.6 Å². The standard InChI is InChI=1S/C41H47N5O5/c1-39(2,3)50-37(48)45-18-8-10-34(45)32-23-29-15-13-28(22-31(29)35(47)43-32)26-11-12-27-21-30(16-14-25(27)20-26)33-24-42-36(44-33)41(7)17-9-19-46(41)38(49)51-40(4,5)6/h11-16,20-24,34H,8-10,17-19H2,1-7H3,(H,42,44)(H,43,47). The summed E-state index contributed by atoms with van der Waals surface area (Å²) < 4.78 is 11.3. The van der Waals surface area contributed by atoms with Crippen LogP contribution >= 0.6 is 0 Å². The number of rotatable bonds is 4. The number of likely N-dealkylation sites (tertiary alicyclic amines) is 2. The van der Waals surface area contributed by atoms with Crippen molar-refractivity contribution in [1.29, 1.82) is 0 Å². The number of hydrogen-bond donors (Lipinski definition) is 2. The Morgan fingerprint density at radius 3 is 2.12 bits per heavy atom. The molecule has 2 fully saturated rings. The van der Waals surface area contributed by atoms with Crippen molar-refractivity contribution >= 4 is 33.7 Å². The number of imidazole rings is 1. The molecule has 2 amide bonds. The Labute approximate surface area is 298 Å². The zero-order valence-corrected chi connectivity index (χ0v) is 30.6. The van der Waals surface area contributed by atoms with E-state index >= 15 is 0 Å². The minimum Gasteiger partial charge on any atom is -0.444 e. The van der Waals surface area contributed by atoms with E-state index in [-0.39, 0.29) is 23.8 Å². The zero-order chi connectivity index (χ0) is 36.3. The number of carbonyl (C=O) groups excluding carboxylic acids is 2. The smallest absolute Gasteiger partial charge is 0.411 e. The van der Waals surface area contributed by atoms with Crippen molar-refractivity contribution < 1.29 is 19.1 Å². The first-order valence-corrected chi connectivity index (χ1v) is 17.9. The minimum absolute atomic E-state index is 0.176. The van der Waals surface area contributed by atoms with E-state index in [0.29, 0.717) is 18.5 Å². The molecule has 2 aromatic heterocycles. The van der Waals surface area contributed by atoms with Crippen molar-refractivity contribution in [3.63, 3.8) is 0 Å². The van der Waals surface area contributed by atoms with E-state index in [4.69, 9.17) is 14.5 Å². The number of fused-ring (bicyclic) bond motifs is 2. The van der Waals surface area contributed by atoms with Gasteiger partial charge in [-0.25, -0.2) is 14.6 Å². The summed E-state index contributed by atoms with van der Waals surface area (Å²) in [5, 5.41) is 3.58. The van der Waals surface area contributed by atoms with Crippen molar-refractivity contribution in [2.75, 3.05) is 13.1 Å². The molecular weight excluding hydrogens is 642 g/mol. The largest absolute Gasteiger partial charge is 0.444 e. The molecule has 0 saturated carbocycles. The van der Waals surface area contributed by atoms with Crippen molar-refractivity contribution in [3.8, 4) is 22.4 Å². The van der Waals surface area contributed by atoms with Crippen LogP contribution < -0.4 is 5.56 Å². The SMILES string of the molecule is CC(C)(C)OC(=O)N1CCCC1c1cc2ccc(-c3ccc4cc(-c5cnc(C6(C)CCCN6C(=O)OC(C)(C)C)[nH]5)ccc4c3)cc2c(=O)[nH]1. The van der Waals surface area contributed by atoms with Crippen molar-refractivity contribution in [2.24, 2.45) is 0 Å². The summed E-state index contributed by atoms with van der Waals surface area (Å²) in [6, 6.07) is 20.3. The predicted molar refractivity (Wildman–Crippen MR) is 200 cm³/mol. The Kier molecular flexibility index (Phi) is 8.47. The summed E-state index contributed by atoms with van der Waals surface area (Å²) in [7, 11) is 0. The Hall–Kier alpha value is -5.12. The maximum absolute atomic E-state index is 13.4. The zero-order valence-electron chi connectivity index (χ0n) is 30.6. The number of pyridine rings is 1. The molecule has 2 atom stereocenters. The summed E-state index contributed by atoms with van der Waals surface area (Å²) in [6.45, 7) is 14.5. The molecule has 0 radical (unpaired) electrons. The molecule has 2 unspecified atom stereocenters. The number of aromatic amines is 2. The minimum atomic E-state index is -0.589. The third-order valence-corrected chi connectivity index (χ3v) is 9.93. The van der Waals surface area contributed by atoms with Gasteiger partial charge < -0.3 is 19.4 Å². The Morgan fingerprint density at radius 2 is 1.41 bits per heavy atom. The second-order valence-corrected chi connectivity index (χ2v) is 16.1. The number of hydrogen-bond acceptors (Lipinski definition) is 6. The molecule has 2 aliphatic heterocycles. The monoisotopic (exact) mass is 689 g/mol. The first kappa shape index (κ1) is 34.3. The van der Waals surface area contributed by atoms with E-state index in [1.165, 1.54) is 0 Å². The molecule has 5 aromatic rings. The second-order valence-electron chi connectivity index (χ2n) is 16.1. The van der Waals surface area contributed by atoms with Gasteiger partial charge in [-0.05, 0) is 126 Å². The molecule has 0 bridgehead atoms. The molecule has 2 N–H and O–H groups in total. The average molecular weight is 690 g/mol. The van der Waals surface area contributed by atoms with Gasteiger partial charge in [0.15, 0.2) is 0 Å². The highest BCUT2D eigenvalue weighted by Gasteiger charge is 2.45. The number of benzene rings is 3. The molecule has 10 heteroatoms. The fraction of sp³-hybridized carbons (Fsp3) is 0.415. The van der Waals surface area contributed by atoms with Gasteiger partial charge in [0.05, 0.1) is 17.9 Å². The molecule has 7 rings (SSSR count). The molecule has 2 aliphatic rings. The van der Waals surface area contributed by atoms with Crippen LogP contribution in [-0.2, 0) is 15.0 Å². The molecule has 51 heavy (non-hydrogen) atoms. The van der Waals surface area contributed by atoms with Crippen LogP contribution in [0.25, 0.3) is 43.9 Å². The van der Waals surface area contributed by atoms with Crippen LogP contribution in [0.1, 0.15) is 91.7 Å². The average Bonchev–Trinajstić information content (AvgIpc) is 3.83. The van der Waals surface area contributed by atoms with Crippen LogP contribution in [0.2, 0.25) is 0 Å². The van der Waals surface area contributed by atoms with E-state index in [2.05, 4.69) is 46.4 Å². The fourth-order valence-corrected chi connectivity index (χ4v) is 7.42. The summed E-state index contributed by atoms with van der Waals surface area (Å²) in [5.74, 6) is 0.748. The second kappa shape index (κ2) is 12.6. The van der Waals surface area contributed by atoms with Crippen LogP contribution in [0.15, 0.2) is 71.7 Å². The molecule has 0 spiro atoms. The van der Waals surface area contributed by atoms with E-state index in [1.807, 2.05) is 78.9 Å². The predicted octanol–water partition coefficient (Wildman–Crippen LogP) is 9.06. The fourth-order valence-electron chi connectivity index (χ4n) is 7.42. The number of nitrogens with one attached hydrogen (secondary N) is 2. The molecule has 3 aromatic carbocycles. The van der Waals surface area contributed by atoms with Crippen molar-refractivity contribution in [1.82, 2.24) is 24.8 Å². The summed E-state index contributed by atoms with van der Waals surface area (Å²) in [4.78, 5) is 54.2. The number of H-pyrrole nitrogens is 2. The molecular formula is C41H47N5O5. The van der Waals surface area contributed by atoms with Crippen molar-refractivity contribution in [3.05, 3.63) is 88.7 Å². The first-order valence-electron chi connectivity index (χ1n) is 17.9. The Morgan fingerprint density at radius 1 is 0.784 bits per heavy atom. The topological polar surface area (TPSA) is 121 Å². The van der Waals surface area contributed by atoms with Gasteiger partial charge in [-0.15, -0.1) is 0 Å². The third-order valence-electron chi connectivity index (χ3n) is 9.93. The summed E-state index contributed by atoms with van der Waals surface area (Å²) in [5.41, 5.74) is 2.65. The summed E-state index contributed by atoms with van der Waals surface area (Å²) in [6.07, 6.45) is 4.46. The molecule has 4 heterocycles. The molecule has 2 saturated heterocycles. The number of nitrogens with zero attached hydrogens (tertiary/aromatic N) is 3. The number of ether oxygens (including phenoxy) is 2. The Balaban J connectivity index is 1.12. The normalized spacial score (nSPS) is 19.6. The highest BCUT2D eigenvalue weighted by Crippen LogP contribution is 2.39. The van der Waals surface area contributed by atoms with Gasteiger partial charge in [-0.1, -0.05) is 36.4 Å². The number of aromatic nitrogens is 3. The van der Waals surface area contributed by atoms with Crippen LogP contribution in [0, 0.1) is 0 Å². The maximum atomic E-state index is 13.4. The van der Waals surface area contributed by atoms with Gasteiger partial charge in [-0.3, -0.25) is 14.6 Å².